The predicted molar refractivity (Wildman–Crippen MR) is 113 cm³/mol. The fourth-order valence-corrected chi connectivity index (χ4v) is 4.91. The van der Waals surface area contributed by atoms with Crippen LogP contribution >= 0.6 is 0 Å². The van der Waals surface area contributed by atoms with Crippen LogP contribution in [0.15, 0.2) is 48.5 Å². The summed E-state index contributed by atoms with van der Waals surface area (Å²) in [5.74, 6) is -0.194. The largest absolute Gasteiger partial charge is 0.339 e. The normalized spacial score (nSPS) is 15.2. The van der Waals surface area contributed by atoms with Crippen molar-refractivity contribution < 1.29 is 18.0 Å². The molecule has 8 heteroatoms. The number of hydrogen-bond donors (Lipinski definition) is 1. The summed E-state index contributed by atoms with van der Waals surface area (Å²) in [6, 6.07) is 14.0. The zero-order chi connectivity index (χ0) is 21.0. The molecule has 0 saturated carbocycles. The van der Waals surface area contributed by atoms with Crippen LogP contribution in [0.5, 0.6) is 0 Å². The molecular formula is C21H25N3O4S. The van der Waals surface area contributed by atoms with Crippen molar-refractivity contribution in [1.29, 1.82) is 0 Å². The highest BCUT2D eigenvalue weighted by Gasteiger charge is 2.28. The number of anilines is 2. The summed E-state index contributed by atoms with van der Waals surface area (Å²) < 4.78 is 25.6. The van der Waals surface area contributed by atoms with Crippen LogP contribution in [0.3, 0.4) is 0 Å². The molecule has 7 nitrogen and oxygen atoms in total. The first kappa shape index (κ1) is 20.9. The Balaban J connectivity index is 1.75. The molecule has 1 heterocycles. The molecule has 3 rings (SSSR count). The fourth-order valence-electron chi connectivity index (χ4n) is 3.35. The third-order valence-electron chi connectivity index (χ3n) is 4.88. The molecule has 1 aliphatic heterocycles. The first-order valence-corrected chi connectivity index (χ1v) is 11.2. The molecule has 0 spiro atoms. The summed E-state index contributed by atoms with van der Waals surface area (Å²) in [6.45, 7) is 4.96. The van der Waals surface area contributed by atoms with Crippen LogP contribution in [-0.4, -0.2) is 44.0 Å². The Morgan fingerprint density at radius 3 is 2.55 bits per heavy atom. The molecule has 0 radical (unpaired) electrons. The molecule has 1 saturated heterocycles. The van der Waals surface area contributed by atoms with Crippen molar-refractivity contribution >= 4 is 33.2 Å². The second-order valence-electron chi connectivity index (χ2n) is 6.98. The van der Waals surface area contributed by atoms with E-state index in [0.717, 1.165) is 5.56 Å². The van der Waals surface area contributed by atoms with Crippen LogP contribution in [0.1, 0.15) is 36.2 Å². The highest BCUT2D eigenvalue weighted by molar-refractivity contribution is 7.93. The van der Waals surface area contributed by atoms with E-state index in [4.69, 9.17) is 0 Å². The Hall–Kier alpha value is -2.87. The SMILES string of the molecule is CCN(Cc1cccc(NC(=O)c2cccc(N3CCCS3(=O)=O)c2)c1)C(C)=O. The Morgan fingerprint density at radius 2 is 1.90 bits per heavy atom. The lowest BCUT2D eigenvalue weighted by atomic mass is 10.1. The van der Waals surface area contributed by atoms with E-state index in [-0.39, 0.29) is 17.6 Å². The smallest absolute Gasteiger partial charge is 0.255 e. The molecule has 1 aliphatic rings. The Kier molecular flexibility index (Phi) is 6.22. The van der Waals surface area contributed by atoms with Crippen molar-refractivity contribution in [2.45, 2.75) is 26.8 Å². The van der Waals surface area contributed by atoms with Crippen LogP contribution in [0.4, 0.5) is 11.4 Å². The minimum atomic E-state index is -3.30. The zero-order valence-corrected chi connectivity index (χ0v) is 17.4. The van der Waals surface area contributed by atoms with Gasteiger partial charge in [-0.1, -0.05) is 18.2 Å². The number of rotatable bonds is 6. The summed E-state index contributed by atoms with van der Waals surface area (Å²) in [6.07, 6.45) is 0.584. The maximum atomic E-state index is 12.7. The van der Waals surface area contributed by atoms with E-state index < -0.39 is 10.0 Å². The van der Waals surface area contributed by atoms with Gasteiger partial charge in [0.25, 0.3) is 5.91 Å². The van der Waals surface area contributed by atoms with Crippen LogP contribution in [-0.2, 0) is 21.4 Å². The van der Waals surface area contributed by atoms with Crippen molar-refractivity contribution in [3.63, 3.8) is 0 Å². The molecule has 2 aromatic rings. The molecule has 2 amide bonds. The highest BCUT2D eigenvalue weighted by Crippen LogP contribution is 2.25. The standard InChI is InChI=1S/C21H25N3O4S/c1-3-23(16(2)25)15-17-7-4-9-19(13-17)22-21(26)18-8-5-10-20(14-18)24-11-6-12-29(24,27)28/h4-5,7-10,13-14H,3,6,11-12,15H2,1-2H3,(H,22,26). The summed E-state index contributed by atoms with van der Waals surface area (Å²) in [7, 11) is -3.30. The first-order valence-electron chi connectivity index (χ1n) is 9.56. The zero-order valence-electron chi connectivity index (χ0n) is 16.6. The summed E-state index contributed by atoms with van der Waals surface area (Å²) >= 11 is 0. The number of hydrogen-bond acceptors (Lipinski definition) is 4. The molecule has 2 aromatic carbocycles. The molecule has 154 valence electrons. The van der Waals surface area contributed by atoms with E-state index in [9.17, 15) is 18.0 Å². The number of nitrogens with zero attached hydrogens (tertiary/aromatic N) is 2. The van der Waals surface area contributed by atoms with Gasteiger partial charge >= 0.3 is 0 Å². The van der Waals surface area contributed by atoms with Gasteiger partial charge in [0.15, 0.2) is 0 Å². The average molecular weight is 416 g/mol. The molecule has 1 N–H and O–H groups in total. The summed E-state index contributed by atoms with van der Waals surface area (Å²) in [4.78, 5) is 26.0. The van der Waals surface area contributed by atoms with Crippen LogP contribution in [0, 0.1) is 0 Å². The van der Waals surface area contributed by atoms with E-state index in [1.165, 1.54) is 11.2 Å². The van der Waals surface area contributed by atoms with E-state index in [1.54, 1.807) is 35.2 Å². The molecule has 0 aliphatic carbocycles. The van der Waals surface area contributed by atoms with Crippen molar-refractivity contribution in [3.05, 3.63) is 59.7 Å². The van der Waals surface area contributed by atoms with Crippen molar-refractivity contribution in [1.82, 2.24) is 4.90 Å². The molecule has 0 bridgehead atoms. The topological polar surface area (TPSA) is 86.8 Å². The van der Waals surface area contributed by atoms with Crippen LogP contribution in [0.2, 0.25) is 0 Å². The van der Waals surface area contributed by atoms with Crippen LogP contribution < -0.4 is 9.62 Å². The first-order chi connectivity index (χ1) is 13.8. The van der Waals surface area contributed by atoms with Crippen molar-refractivity contribution in [2.24, 2.45) is 0 Å². The highest BCUT2D eigenvalue weighted by atomic mass is 32.2. The molecule has 0 atom stereocenters. The van der Waals surface area contributed by atoms with E-state index in [0.29, 0.717) is 43.0 Å². The number of carbonyl (C=O) groups is 2. The van der Waals surface area contributed by atoms with Crippen LogP contribution in [0.25, 0.3) is 0 Å². The second kappa shape index (κ2) is 8.65. The number of amides is 2. The second-order valence-corrected chi connectivity index (χ2v) is 8.99. The predicted octanol–water partition coefficient (Wildman–Crippen LogP) is 2.85. The molecular weight excluding hydrogens is 390 g/mol. The monoisotopic (exact) mass is 415 g/mol. The Labute approximate surface area is 171 Å². The van der Waals surface area contributed by atoms with Gasteiger partial charge < -0.3 is 10.2 Å². The van der Waals surface area contributed by atoms with Gasteiger partial charge in [0.05, 0.1) is 11.4 Å². The fraction of sp³-hybridized carbons (Fsp3) is 0.333. The van der Waals surface area contributed by atoms with Gasteiger partial charge in [-0.2, -0.15) is 0 Å². The lowest BCUT2D eigenvalue weighted by molar-refractivity contribution is -0.129. The number of carbonyl (C=O) groups excluding carboxylic acids is 2. The van der Waals surface area contributed by atoms with Gasteiger partial charge in [-0.3, -0.25) is 13.9 Å². The third kappa shape index (κ3) is 4.95. The third-order valence-corrected chi connectivity index (χ3v) is 6.75. The lowest BCUT2D eigenvalue weighted by Crippen LogP contribution is -2.27. The quantitative estimate of drug-likeness (QED) is 0.786. The minimum Gasteiger partial charge on any atom is -0.339 e. The van der Waals surface area contributed by atoms with Gasteiger partial charge in [0, 0.05) is 37.8 Å². The van der Waals surface area contributed by atoms with Gasteiger partial charge in [-0.15, -0.1) is 0 Å². The minimum absolute atomic E-state index is 0.00406. The summed E-state index contributed by atoms with van der Waals surface area (Å²) in [5.41, 5.74) is 2.42. The number of nitrogens with one attached hydrogen (secondary N) is 1. The average Bonchev–Trinajstić information content (AvgIpc) is 3.05. The summed E-state index contributed by atoms with van der Waals surface area (Å²) in [5, 5.41) is 2.85. The van der Waals surface area contributed by atoms with Gasteiger partial charge in [0.2, 0.25) is 15.9 Å². The molecule has 29 heavy (non-hydrogen) atoms. The van der Waals surface area contributed by atoms with Crippen molar-refractivity contribution in [2.75, 3.05) is 28.5 Å². The molecule has 1 fully saturated rings. The van der Waals surface area contributed by atoms with E-state index in [2.05, 4.69) is 5.32 Å². The maximum absolute atomic E-state index is 12.7. The number of benzene rings is 2. The molecule has 0 aromatic heterocycles. The Morgan fingerprint density at radius 1 is 1.14 bits per heavy atom. The van der Waals surface area contributed by atoms with Gasteiger partial charge in [-0.05, 0) is 49.2 Å². The van der Waals surface area contributed by atoms with Gasteiger partial charge in [0.1, 0.15) is 0 Å². The Bertz CT molecular complexity index is 1020. The van der Waals surface area contributed by atoms with Crippen molar-refractivity contribution in [3.8, 4) is 0 Å². The van der Waals surface area contributed by atoms with Gasteiger partial charge in [-0.25, -0.2) is 8.42 Å². The molecule has 0 unspecified atom stereocenters. The van der Waals surface area contributed by atoms with E-state index >= 15 is 0 Å². The van der Waals surface area contributed by atoms with E-state index in [1.807, 2.05) is 25.1 Å². The maximum Gasteiger partial charge on any atom is 0.255 e. The number of sulfonamides is 1. The lowest BCUT2D eigenvalue weighted by Gasteiger charge is -2.19.